The summed E-state index contributed by atoms with van der Waals surface area (Å²) in [5, 5.41) is 27.3. The molecule has 5 N–H and O–H groups in total. The number of hydrogen-bond donors (Lipinski definition) is 5. The van der Waals surface area contributed by atoms with Crippen LogP contribution < -0.4 is 16.0 Å². The summed E-state index contributed by atoms with van der Waals surface area (Å²) < 4.78 is 5.26. The molecule has 0 bridgehead atoms. The van der Waals surface area contributed by atoms with Crippen LogP contribution in [0.4, 0.5) is 4.79 Å². The molecule has 1 rings (SSSR count). The lowest BCUT2D eigenvalue weighted by atomic mass is 9.75. The molecule has 1 aromatic rings. The topological polar surface area (TPSA) is 137 Å². The number of amides is 3. The smallest absolute Gasteiger partial charge is 0.445 e. The summed E-state index contributed by atoms with van der Waals surface area (Å²) in [4.78, 5) is 38.5. The van der Waals surface area contributed by atoms with E-state index in [0.29, 0.717) is 19.3 Å². The van der Waals surface area contributed by atoms with Gasteiger partial charge in [-0.1, -0.05) is 71.9 Å². The van der Waals surface area contributed by atoms with Gasteiger partial charge in [-0.15, -0.1) is 0 Å². The van der Waals surface area contributed by atoms with Crippen molar-refractivity contribution in [3.63, 3.8) is 0 Å². The molecule has 0 heterocycles. The molecule has 0 spiro atoms. The number of rotatable bonds is 14. The second kappa shape index (κ2) is 15.4. The first-order valence-electron chi connectivity index (χ1n) is 12.3. The van der Waals surface area contributed by atoms with E-state index in [1.54, 1.807) is 0 Å². The standard InChI is InChI=1S/C25H42BN3O6/c1-16(2)12-20(24(31)29-22(26(33)34)14-18(5)6)27-23(30)21(13-17(3)4)28-25(32)35-15-19-10-8-7-9-11-19/h7-11,16-18,20-22,33-34H,12-15H2,1-6H3,(H,27,30)(H,28,32)(H,29,31)/t20-,21-,22+/m0/s1. The second-order valence-electron chi connectivity index (χ2n) is 10.2. The van der Waals surface area contributed by atoms with E-state index in [0.717, 1.165) is 5.56 Å². The fourth-order valence-corrected chi connectivity index (χ4v) is 3.63. The minimum atomic E-state index is -1.72. The Morgan fingerprint density at radius 1 is 0.771 bits per heavy atom. The molecule has 196 valence electrons. The average molecular weight is 491 g/mol. The van der Waals surface area contributed by atoms with E-state index < -0.39 is 43.1 Å². The Morgan fingerprint density at radius 2 is 1.26 bits per heavy atom. The summed E-state index contributed by atoms with van der Waals surface area (Å²) in [7, 11) is -1.72. The summed E-state index contributed by atoms with van der Waals surface area (Å²) >= 11 is 0. The highest BCUT2D eigenvalue weighted by Gasteiger charge is 2.32. The van der Waals surface area contributed by atoms with Crippen molar-refractivity contribution in [2.75, 3.05) is 0 Å². The molecule has 0 aromatic heterocycles. The predicted molar refractivity (Wildman–Crippen MR) is 136 cm³/mol. The van der Waals surface area contributed by atoms with Gasteiger partial charge in [-0.05, 0) is 42.6 Å². The third kappa shape index (κ3) is 12.6. The molecule has 0 aliphatic carbocycles. The van der Waals surface area contributed by atoms with Gasteiger partial charge in [0.25, 0.3) is 0 Å². The maximum absolute atomic E-state index is 13.1. The van der Waals surface area contributed by atoms with Gasteiger partial charge in [0.1, 0.15) is 18.7 Å². The molecule has 0 unspecified atom stereocenters. The van der Waals surface area contributed by atoms with Gasteiger partial charge in [0.05, 0.1) is 5.94 Å². The Kier molecular flexibility index (Phi) is 13.4. The van der Waals surface area contributed by atoms with E-state index in [9.17, 15) is 24.4 Å². The van der Waals surface area contributed by atoms with E-state index in [4.69, 9.17) is 4.74 Å². The first-order valence-corrected chi connectivity index (χ1v) is 12.3. The molecule has 10 heteroatoms. The van der Waals surface area contributed by atoms with Gasteiger partial charge < -0.3 is 30.7 Å². The molecule has 0 radical (unpaired) electrons. The van der Waals surface area contributed by atoms with Crippen molar-refractivity contribution in [1.82, 2.24) is 16.0 Å². The Bertz CT molecular complexity index is 789. The number of benzene rings is 1. The molecule has 9 nitrogen and oxygen atoms in total. The van der Waals surface area contributed by atoms with Gasteiger partial charge in [0, 0.05) is 0 Å². The van der Waals surface area contributed by atoms with Crippen molar-refractivity contribution in [3.8, 4) is 0 Å². The molecular weight excluding hydrogens is 449 g/mol. The monoisotopic (exact) mass is 491 g/mol. The van der Waals surface area contributed by atoms with Crippen LogP contribution in [-0.4, -0.2) is 53.1 Å². The molecule has 0 saturated heterocycles. The van der Waals surface area contributed by atoms with Gasteiger partial charge in [0.15, 0.2) is 0 Å². The number of carbonyl (C=O) groups is 3. The van der Waals surface area contributed by atoms with Crippen LogP contribution in [0.3, 0.4) is 0 Å². The quantitative estimate of drug-likeness (QED) is 0.254. The van der Waals surface area contributed by atoms with Crippen molar-refractivity contribution in [1.29, 1.82) is 0 Å². The third-order valence-corrected chi connectivity index (χ3v) is 5.28. The fraction of sp³-hybridized carbons (Fsp3) is 0.640. The maximum Gasteiger partial charge on any atom is 0.475 e. The number of ether oxygens (including phenoxy) is 1. The number of nitrogens with one attached hydrogen (secondary N) is 3. The average Bonchev–Trinajstić information content (AvgIpc) is 2.76. The van der Waals surface area contributed by atoms with Crippen LogP contribution in [0.2, 0.25) is 0 Å². The zero-order valence-corrected chi connectivity index (χ0v) is 21.8. The number of hydrogen-bond acceptors (Lipinski definition) is 6. The van der Waals surface area contributed by atoms with Crippen molar-refractivity contribution in [2.45, 2.75) is 85.4 Å². The van der Waals surface area contributed by atoms with Crippen LogP contribution in [0.5, 0.6) is 0 Å². The van der Waals surface area contributed by atoms with Gasteiger partial charge >= 0.3 is 13.2 Å². The fourth-order valence-electron chi connectivity index (χ4n) is 3.63. The van der Waals surface area contributed by atoms with Crippen molar-refractivity contribution in [3.05, 3.63) is 35.9 Å². The SMILES string of the molecule is CC(C)C[C@H](NC(=O)OCc1ccccc1)C(=O)N[C@@H](CC(C)C)C(=O)N[C@H](CC(C)C)B(O)O. The summed E-state index contributed by atoms with van der Waals surface area (Å²) in [5.41, 5.74) is 0.822. The molecule has 3 amide bonds. The minimum absolute atomic E-state index is 0.0712. The van der Waals surface area contributed by atoms with E-state index in [1.807, 2.05) is 71.9 Å². The van der Waals surface area contributed by atoms with Gasteiger partial charge in [-0.3, -0.25) is 9.59 Å². The van der Waals surface area contributed by atoms with Crippen LogP contribution in [0.25, 0.3) is 0 Å². The van der Waals surface area contributed by atoms with Crippen LogP contribution in [-0.2, 0) is 20.9 Å². The van der Waals surface area contributed by atoms with Crippen molar-refractivity contribution in [2.24, 2.45) is 17.8 Å². The molecular formula is C25H42BN3O6. The predicted octanol–water partition coefficient (Wildman–Crippen LogP) is 2.40. The first-order chi connectivity index (χ1) is 16.4. The summed E-state index contributed by atoms with van der Waals surface area (Å²) in [5.74, 6) is -1.55. The molecule has 1 aromatic carbocycles. The molecule has 0 saturated carbocycles. The lowest BCUT2D eigenvalue weighted by Gasteiger charge is -2.27. The first kappa shape index (κ1) is 30.4. The Hall–Kier alpha value is -2.59. The molecule has 0 aliphatic rings. The van der Waals surface area contributed by atoms with Crippen LogP contribution in [0.1, 0.15) is 66.4 Å². The second-order valence-corrected chi connectivity index (χ2v) is 10.2. The Labute approximate surface area is 209 Å². The van der Waals surface area contributed by atoms with E-state index in [2.05, 4.69) is 16.0 Å². The zero-order valence-electron chi connectivity index (χ0n) is 21.8. The summed E-state index contributed by atoms with van der Waals surface area (Å²) in [6.07, 6.45) is 0.352. The number of alkyl carbamates (subject to hydrolysis) is 1. The van der Waals surface area contributed by atoms with Crippen molar-refractivity contribution >= 4 is 25.0 Å². The third-order valence-electron chi connectivity index (χ3n) is 5.28. The van der Waals surface area contributed by atoms with Gasteiger partial charge in [0.2, 0.25) is 11.8 Å². The summed E-state index contributed by atoms with van der Waals surface area (Å²) in [6, 6.07) is 7.42. The van der Waals surface area contributed by atoms with E-state index >= 15 is 0 Å². The summed E-state index contributed by atoms with van der Waals surface area (Å²) in [6.45, 7) is 11.6. The minimum Gasteiger partial charge on any atom is -0.445 e. The Morgan fingerprint density at radius 3 is 1.74 bits per heavy atom. The molecule has 0 aliphatic heterocycles. The largest absolute Gasteiger partial charge is 0.475 e. The normalized spacial score (nSPS) is 13.8. The van der Waals surface area contributed by atoms with Gasteiger partial charge in [-0.2, -0.15) is 0 Å². The van der Waals surface area contributed by atoms with Crippen LogP contribution >= 0.6 is 0 Å². The number of carbonyl (C=O) groups excluding carboxylic acids is 3. The highest BCUT2D eigenvalue weighted by atomic mass is 16.5. The maximum atomic E-state index is 13.1. The Balaban J connectivity index is 2.87. The lowest BCUT2D eigenvalue weighted by molar-refractivity contribution is -0.130. The molecule has 0 fully saturated rings. The van der Waals surface area contributed by atoms with Crippen LogP contribution in [0.15, 0.2) is 30.3 Å². The van der Waals surface area contributed by atoms with Crippen LogP contribution in [0, 0.1) is 17.8 Å². The molecule has 3 atom stereocenters. The molecule has 35 heavy (non-hydrogen) atoms. The van der Waals surface area contributed by atoms with Crippen molar-refractivity contribution < 1.29 is 29.2 Å². The highest BCUT2D eigenvalue weighted by molar-refractivity contribution is 6.43. The lowest BCUT2D eigenvalue weighted by Crippen LogP contribution is -2.57. The zero-order chi connectivity index (χ0) is 26.5. The van der Waals surface area contributed by atoms with E-state index in [1.165, 1.54) is 0 Å². The van der Waals surface area contributed by atoms with E-state index in [-0.39, 0.29) is 24.4 Å². The van der Waals surface area contributed by atoms with Gasteiger partial charge in [-0.25, -0.2) is 4.79 Å². The highest BCUT2D eigenvalue weighted by Crippen LogP contribution is 2.11.